The summed E-state index contributed by atoms with van der Waals surface area (Å²) in [6.45, 7) is 7.55. The largest absolute Gasteiger partial charge is 0.354 e. The summed E-state index contributed by atoms with van der Waals surface area (Å²) < 4.78 is 0. The molecule has 0 aromatic heterocycles. The summed E-state index contributed by atoms with van der Waals surface area (Å²) in [6, 6.07) is 7.19. The number of hydrogen-bond donors (Lipinski definition) is 2. The molecular weight excluding hydrogens is 310 g/mol. The Labute approximate surface area is 146 Å². The van der Waals surface area contributed by atoms with Gasteiger partial charge in [0.15, 0.2) is 0 Å². The van der Waals surface area contributed by atoms with Crippen molar-refractivity contribution in [2.75, 3.05) is 19.6 Å². The summed E-state index contributed by atoms with van der Waals surface area (Å²) in [5.74, 6) is 0.0689. The zero-order valence-electron chi connectivity index (χ0n) is 14.3. The summed E-state index contributed by atoms with van der Waals surface area (Å²) in [5, 5.41) is 3.03. The van der Waals surface area contributed by atoms with Gasteiger partial charge in [0.1, 0.15) is 0 Å². The predicted molar refractivity (Wildman–Crippen MR) is 97.9 cm³/mol. The van der Waals surface area contributed by atoms with Crippen LogP contribution >= 0.6 is 12.4 Å². The zero-order chi connectivity index (χ0) is 15.9. The monoisotopic (exact) mass is 339 g/mol. The standard InChI is InChI=1S/C18H29N3O.ClH/c1-14-9-15(2)11-16(10-14)13-21-8-4-3-5-17(21)12-20-18(22)6-7-19;/h9-11,17H,3-8,12-13,19H2,1-2H3,(H,20,22);1H. The minimum atomic E-state index is 0. The highest BCUT2D eigenvalue weighted by Crippen LogP contribution is 2.20. The van der Waals surface area contributed by atoms with E-state index in [4.69, 9.17) is 5.73 Å². The van der Waals surface area contributed by atoms with E-state index >= 15 is 0 Å². The van der Waals surface area contributed by atoms with Crippen LogP contribution in [0.25, 0.3) is 0 Å². The lowest BCUT2D eigenvalue weighted by atomic mass is 10.00. The number of rotatable bonds is 6. The first-order valence-electron chi connectivity index (χ1n) is 8.36. The van der Waals surface area contributed by atoms with Crippen molar-refractivity contribution in [2.24, 2.45) is 5.73 Å². The van der Waals surface area contributed by atoms with Gasteiger partial charge in [0.25, 0.3) is 0 Å². The maximum atomic E-state index is 11.6. The number of carbonyl (C=O) groups excluding carboxylic acids is 1. The Hall–Kier alpha value is -1.10. The van der Waals surface area contributed by atoms with Crippen molar-refractivity contribution >= 4 is 18.3 Å². The first-order chi connectivity index (χ1) is 10.6. The van der Waals surface area contributed by atoms with Crippen LogP contribution in [0.1, 0.15) is 42.4 Å². The molecule has 2 rings (SSSR count). The Balaban J connectivity index is 0.00000264. The van der Waals surface area contributed by atoms with Crippen LogP contribution in [-0.2, 0) is 11.3 Å². The fourth-order valence-corrected chi connectivity index (χ4v) is 3.35. The Kier molecular flexibility index (Phi) is 8.59. The number of halogens is 1. The smallest absolute Gasteiger partial charge is 0.221 e. The molecule has 1 aliphatic rings. The molecule has 0 bridgehead atoms. The van der Waals surface area contributed by atoms with Crippen LogP contribution in [-0.4, -0.2) is 36.5 Å². The minimum Gasteiger partial charge on any atom is -0.354 e. The van der Waals surface area contributed by atoms with Gasteiger partial charge in [-0.2, -0.15) is 0 Å². The number of amides is 1. The lowest BCUT2D eigenvalue weighted by Crippen LogP contribution is -2.46. The first-order valence-corrected chi connectivity index (χ1v) is 8.36. The van der Waals surface area contributed by atoms with Gasteiger partial charge >= 0.3 is 0 Å². The number of nitrogens with two attached hydrogens (primary N) is 1. The number of piperidine rings is 1. The molecule has 130 valence electrons. The van der Waals surface area contributed by atoms with Crippen LogP contribution in [0.5, 0.6) is 0 Å². The number of benzene rings is 1. The summed E-state index contributed by atoms with van der Waals surface area (Å²) in [5.41, 5.74) is 9.44. The summed E-state index contributed by atoms with van der Waals surface area (Å²) in [4.78, 5) is 14.1. The van der Waals surface area contributed by atoms with E-state index in [1.807, 2.05) is 0 Å². The minimum absolute atomic E-state index is 0. The van der Waals surface area contributed by atoms with Crippen molar-refractivity contribution < 1.29 is 4.79 Å². The normalized spacial score (nSPS) is 18.3. The van der Waals surface area contributed by atoms with Crippen molar-refractivity contribution in [3.05, 3.63) is 34.9 Å². The second-order valence-electron chi connectivity index (χ2n) is 6.46. The fourth-order valence-electron chi connectivity index (χ4n) is 3.35. The number of likely N-dealkylation sites (tertiary alicyclic amines) is 1. The quantitative estimate of drug-likeness (QED) is 0.837. The van der Waals surface area contributed by atoms with Crippen molar-refractivity contribution in [3.8, 4) is 0 Å². The van der Waals surface area contributed by atoms with Gasteiger partial charge in [-0.1, -0.05) is 35.7 Å². The van der Waals surface area contributed by atoms with E-state index in [1.165, 1.54) is 29.5 Å². The van der Waals surface area contributed by atoms with Gasteiger partial charge in [-0.3, -0.25) is 9.69 Å². The van der Waals surface area contributed by atoms with Gasteiger partial charge < -0.3 is 11.1 Å². The molecule has 0 saturated carbocycles. The van der Waals surface area contributed by atoms with Crippen LogP contribution in [0.2, 0.25) is 0 Å². The summed E-state index contributed by atoms with van der Waals surface area (Å²) >= 11 is 0. The topological polar surface area (TPSA) is 58.4 Å². The molecule has 1 saturated heterocycles. The van der Waals surface area contributed by atoms with E-state index in [1.54, 1.807) is 0 Å². The maximum absolute atomic E-state index is 11.6. The van der Waals surface area contributed by atoms with Gasteiger partial charge in [-0.25, -0.2) is 0 Å². The molecule has 1 unspecified atom stereocenters. The summed E-state index contributed by atoms with van der Waals surface area (Å²) in [6.07, 6.45) is 4.08. The highest BCUT2D eigenvalue weighted by atomic mass is 35.5. The molecular formula is C18H30ClN3O. The Bertz CT molecular complexity index is 487. The van der Waals surface area contributed by atoms with E-state index < -0.39 is 0 Å². The third-order valence-corrected chi connectivity index (χ3v) is 4.32. The van der Waals surface area contributed by atoms with Gasteiger partial charge in [0.2, 0.25) is 5.91 Å². The van der Waals surface area contributed by atoms with Crippen LogP contribution in [0.15, 0.2) is 18.2 Å². The average molecular weight is 340 g/mol. The third kappa shape index (κ3) is 6.50. The molecule has 1 atom stereocenters. The Morgan fingerprint density at radius 3 is 2.61 bits per heavy atom. The molecule has 5 heteroatoms. The molecule has 1 aliphatic heterocycles. The molecule has 1 aromatic carbocycles. The molecule has 1 heterocycles. The lowest BCUT2D eigenvalue weighted by Gasteiger charge is -2.36. The van der Waals surface area contributed by atoms with Crippen LogP contribution < -0.4 is 11.1 Å². The maximum Gasteiger partial charge on any atom is 0.221 e. The number of aryl methyl sites for hydroxylation is 2. The number of carbonyl (C=O) groups is 1. The van der Waals surface area contributed by atoms with E-state index in [9.17, 15) is 4.79 Å². The zero-order valence-corrected chi connectivity index (χ0v) is 15.1. The number of hydrogen-bond acceptors (Lipinski definition) is 3. The molecule has 0 radical (unpaired) electrons. The van der Waals surface area contributed by atoms with Crippen molar-refractivity contribution in [3.63, 3.8) is 0 Å². The second-order valence-corrected chi connectivity index (χ2v) is 6.46. The fraction of sp³-hybridized carbons (Fsp3) is 0.611. The number of nitrogens with zero attached hydrogens (tertiary/aromatic N) is 1. The van der Waals surface area contributed by atoms with Gasteiger partial charge in [0, 0.05) is 32.1 Å². The SMILES string of the molecule is Cc1cc(C)cc(CN2CCCCC2CNC(=O)CCN)c1.Cl. The molecule has 23 heavy (non-hydrogen) atoms. The van der Waals surface area contributed by atoms with Crippen LogP contribution in [0.3, 0.4) is 0 Å². The molecule has 3 N–H and O–H groups in total. The molecule has 1 fully saturated rings. The Morgan fingerprint density at radius 1 is 1.26 bits per heavy atom. The average Bonchev–Trinajstić information content (AvgIpc) is 2.45. The highest BCUT2D eigenvalue weighted by molar-refractivity contribution is 5.85. The van der Waals surface area contributed by atoms with E-state index in [2.05, 4.69) is 42.3 Å². The molecule has 1 aromatic rings. The van der Waals surface area contributed by atoms with E-state index in [-0.39, 0.29) is 18.3 Å². The number of nitrogens with one attached hydrogen (secondary N) is 1. The van der Waals surface area contributed by atoms with Gasteiger partial charge in [0.05, 0.1) is 0 Å². The molecule has 1 amide bonds. The Morgan fingerprint density at radius 2 is 1.96 bits per heavy atom. The summed E-state index contributed by atoms with van der Waals surface area (Å²) in [7, 11) is 0. The van der Waals surface area contributed by atoms with Crippen LogP contribution in [0, 0.1) is 13.8 Å². The second kappa shape index (κ2) is 9.91. The highest BCUT2D eigenvalue weighted by Gasteiger charge is 2.22. The molecule has 0 aliphatic carbocycles. The lowest BCUT2D eigenvalue weighted by molar-refractivity contribution is -0.121. The molecule has 4 nitrogen and oxygen atoms in total. The van der Waals surface area contributed by atoms with Gasteiger partial charge in [-0.15, -0.1) is 12.4 Å². The van der Waals surface area contributed by atoms with E-state index in [0.717, 1.165) is 26.1 Å². The van der Waals surface area contributed by atoms with E-state index in [0.29, 0.717) is 19.0 Å². The van der Waals surface area contributed by atoms with Gasteiger partial charge in [-0.05, 0) is 38.8 Å². The van der Waals surface area contributed by atoms with Crippen molar-refractivity contribution in [1.29, 1.82) is 0 Å². The third-order valence-electron chi connectivity index (χ3n) is 4.32. The molecule has 0 spiro atoms. The first kappa shape index (κ1) is 19.9. The van der Waals surface area contributed by atoms with Crippen LogP contribution in [0.4, 0.5) is 0 Å². The van der Waals surface area contributed by atoms with Crippen molar-refractivity contribution in [2.45, 2.75) is 52.1 Å². The van der Waals surface area contributed by atoms with Crippen molar-refractivity contribution in [1.82, 2.24) is 10.2 Å². The predicted octanol–water partition coefficient (Wildman–Crippen LogP) is 2.54.